The van der Waals surface area contributed by atoms with Gasteiger partial charge in [-0.3, -0.25) is 0 Å². The number of fused-ring (bicyclic) bond motifs is 1. The van der Waals surface area contributed by atoms with Gasteiger partial charge in [0.25, 0.3) is 0 Å². The van der Waals surface area contributed by atoms with Crippen LogP contribution in [-0.4, -0.2) is 23.1 Å². The summed E-state index contributed by atoms with van der Waals surface area (Å²) in [6, 6.07) is 1.85. The zero-order valence-corrected chi connectivity index (χ0v) is 8.77. The lowest BCUT2D eigenvalue weighted by Gasteiger charge is -2.18. The highest BCUT2D eigenvalue weighted by molar-refractivity contribution is 5.39. The number of aromatic nitrogens is 2. The van der Waals surface area contributed by atoms with E-state index >= 15 is 0 Å². The summed E-state index contributed by atoms with van der Waals surface area (Å²) in [5.74, 6) is 5.18. The average Bonchev–Trinajstić information content (AvgIpc) is 2.85. The molecule has 1 aliphatic carbocycles. The van der Waals surface area contributed by atoms with Crippen molar-refractivity contribution in [1.82, 2.24) is 9.97 Å². The first-order valence-corrected chi connectivity index (χ1v) is 5.33. The van der Waals surface area contributed by atoms with Crippen molar-refractivity contribution >= 4 is 5.95 Å². The fourth-order valence-electron chi connectivity index (χ4n) is 2.33. The van der Waals surface area contributed by atoms with Crippen LogP contribution < -0.4 is 4.90 Å². The van der Waals surface area contributed by atoms with Crippen molar-refractivity contribution in [2.75, 3.05) is 18.0 Å². The molecular formula is C12H13N3. The minimum atomic E-state index is 0.693. The SMILES string of the molecule is C#Cc1cc(C)nc(N2CC3CC3C2)n1. The molecule has 0 amide bonds. The van der Waals surface area contributed by atoms with Gasteiger partial charge >= 0.3 is 0 Å². The Kier molecular flexibility index (Phi) is 1.72. The molecule has 1 saturated heterocycles. The second kappa shape index (κ2) is 2.96. The average molecular weight is 199 g/mol. The number of hydrogen-bond acceptors (Lipinski definition) is 3. The third kappa shape index (κ3) is 1.46. The second-order valence-electron chi connectivity index (χ2n) is 4.50. The third-order valence-corrected chi connectivity index (χ3v) is 3.25. The van der Waals surface area contributed by atoms with Crippen LogP contribution >= 0.6 is 0 Å². The van der Waals surface area contributed by atoms with Gasteiger partial charge in [-0.1, -0.05) is 5.92 Å². The van der Waals surface area contributed by atoms with E-state index in [1.165, 1.54) is 6.42 Å². The molecule has 1 saturated carbocycles. The van der Waals surface area contributed by atoms with Gasteiger partial charge in [0.15, 0.2) is 0 Å². The van der Waals surface area contributed by atoms with Gasteiger partial charge in [-0.2, -0.15) is 0 Å². The van der Waals surface area contributed by atoms with Crippen molar-refractivity contribution in [3.8, 4) is 12.3 Å². The van der Waals surface area contributed by atoms with Crippen LogP contribution in [0.25, 0.3) is 0 Å². The van der Waals surface area contributed by atoms with Crippen molar-refractivity contribution in [1.29, 1.82) is 0 Å². The van der Waals surface area contributed by atoms with E-state index < -0.39 is 0 Å². The Bertz CT molecular complexity index is 437. The lowest BCUT2D eigenvalue weighted by molar-refractivity contribution is 0.782. The van der Waals surface area contributed by atoms with E-state index in [2.05, 4.69) is 20.8 Å². The van der Waals surface area contributed by atoms with E-state index in [9.17, 15) is 0 Å². The van der Waals surface area contributed by atoms with Crippen LogP contribution in [0.1, 0.15) is 17.8 Å². The van der Waals surface area contributed by atoms with Crippen molar-refractivity contribution < 1.29 is 0 Å². The number of terminal acetylenes is 1. The molecule has 76 valence electrons. The zero-order valence-electron chi connectivity index (χ0n) is 8.77. The molecule has 0 radical (unpaired) electrons. The number of anilines is 1. The van der Waals surface area contributed by atoms with Crippen molar-refractivity contribution in [3.05, 3.63) is 17.5 Å². The maximum atomic E-state index is 5.36. The van der Waals surface area contributed by atoms with E-state index in [-0.39, 0.29) is 0 Å². The fourth-order valence-corrected chi connectivity index (χ4v) is 2.33. The first kappa shape index (κ1) is 8.72. The summed E-state index contributed by atoms with van der Waals surface area (Å²) >= 11 is 0. The number of piperidine rings is 1. The lowest BCUT2D eigenvalue weighted by Crippen LogP contribution is -2.24. The molecular weight excluding hydrogens is 186 g/mol. The molecule has 15 heavy (non-hydrogen) atoms. The lowest BCUT2D eigenvalue weighted by atomic mass is 10.3. The van der Waals surface area contributed by atoms with E-state index in [1.807, 2.05) is 13.0 Å². The Labute approximate surface area is 89.5 Å². The van der Waals surface area contributed by atoms with Gasteiger partial charge in [0.2, 0.25) is 5.95 Å². The first-order valence-electron chi connectivity index (χ1n) is 5.33. The van der Waals surface area contributed by atoms with Gasteiger partial charge in [0.05, 0.1) is 0 Å². The molecule has 0 spiro atoms. The number of rotatable bonds is 1. The molecule has 1 aliphatic heterocycles. The third-order valence-electron chi connectivity index (χ3n) is 3.25. The first-order chi connectivity index (χ1) is 7.26. The largest absolute Gasteiger partial charge is 0.340 e. The summed E-state index contributed by atoms with van der Waals surface area (Å²) in [6.07, 6.45) is 6.76. The topological polar surface area (TPSA) is 29.0 Å². The Hall–Kier alpha value is -1.56. The molecule has 1 aromatic heterocycles. The predicted molar refractivity (Wildman–Crippen MR) is 58.5 cm³/mol. The van der Waals surface area contributed by atoms with E-state index in [0.717, 1.165) is 36.6 Å². The van der Waals surface area contributed by atoms with Crippen LogP contribution in [0.3, 0.4) is 0 Å². The maximum absolute atomic E-state index is 5.36. The van der Waals surface area contributed by atoms with Gasteiger partial charge < -0.3 is 4.90 Å². The molecule has 0 N–H and O–H groups in total. The Morgan fingerprint density at radius 3 is 2.80 bits per heavy atom. The maximum Gasteiger partial charge on any atom is 0.226 e. The molecule has 2 aliphatic rings. The molecule has 1 aromatic rings. The van der Waals surface area contributed by atoms with Crippen LogP contribution in [-0.2, 0) is 0 Å². The Balaban J connectivity index is 1.91. The van der Waals surface area contributed by atoms with E-state index in [4.69, 9.17) is 6.42 Å². The molecule has 2 fully saturated rings. The van der Waals surface area contributed by atoms with Gasteiger partial charge in [-0.15, -0.1) is 6.42 Å². The smallest absolute Gasteiger partial charge is 0.226 e. The Morgan fingerprint density at radius 2 is 2.13 bits per heavy atom. The molecule has 2 unspecified atom stereocenters. The second-order valence-corrected chi connectivity index (χ2v) is 4.50. The van der Waals surface area contributed by atoms with Gasteiger partial charge in [0.1, 0.15) is 5.69 Å². The quantitative estimate of drug-likeness (QED) is 0.637. The van der Waals surface area contributed by atoms with Crippen LogP contribution in [0.15, 0.2) is 6.07 Å². The number of hydrogen-bond donors (Lipinski definition) is 0. The summed E-state index contributed by atoms with van der Waals surface area (Å²) < 4.78 is 0. The molecule has 3 rings (SSSR count). The minimum Gasteiger partial charge on any atom is -0.340 e. The van der Waals surface area contributed by atoms with Crippen LogP contribution in [0, 0.1) is 31.1 Å². The number of aryl methyl sites for hydroxylation is 1. The van der Waals surface area contributed by atoms with Gasteiger partial charge in [-0.25, -0.2) is 9.97 Å². The molecule has 3 nitrogen and oxygen atoms in total. The minimum absolute atomic E-state index is 0.693. The molecule has 0 aromatic carbocycles. The van der Waals surface area contributed by atoms with Gasteiger partial charge in [-0.05, 0) is 31.2 Å². The predicted octanol–water partition coefficient (Wildman–Crippen LogP) is 1.22. The highest BCUT2D eigenvalue weighted by Crippen LogP contribution is 2.45. The monoisotopic (exact) mass is 199 g/mol. The van der Waals surface area contributed by atoms with Crippen molar-refractivity contribution in [2.45, 2.75) is 13.3 Å². The number of nitrogens with zero attached hydrogens (tertiary/aromatic N) is 3. The normalized spacial score (nSPS) is 27.3. The highest BCUT2D eigenvalue weighted by atomic mass is 15.3. The summed E-state index contributed by atoms with van der Waals surface area (Å²) in [7, 11) is 0. The van der Waals surface area contributed by atoms with Crippen LogP contribution in [0.5, 0.6) is 0 Å². The summed E-state index contributed by atoms with van der Waals surface area (Å²) in [5.41, 5.74) is 1.64. The van der Waals surface area contributed by atoms with Crippen LogP contribution in [0.2, 0.25) is 0 Å². The van der Waals surface area contributed by atoms with Crippen LogP contribution in [0.4, 0.5) is 5.95 Å². The molecule has 2 atom stereocenters. The molecule has 2 heterocycles. The van der Waals surface area contributed by atoms with Gasteiger partial charge in [0, 0.05) is 18.8 Å². The molecule has 3 heteroatoms. The van der Waals surface area contributed by atoms with Crippen molar-refractivity contribution in [2.24, 2.45) is 11.8 Å². The highest BCUT2D eigenvalue weighted by Gasteiger charge is 2.45. The summed E-state index contributed by atoms with van der Waals surface area (Å²) in [5, 5.41) is 0. The Morgan fingerprint density at radius 1 is 1.40 bits per heavy atom. The van der Waals surface area contributed by atoms with E-state index in [0.29, 0.717) is 5.69 Å². The van der Waals surface area contributed by atoms with E-state index in [1.54, 1.807) is 0 Å². The standard InChI is InChI=1S/C12H13N3/c1-3-11-4-8(2)13-12(14-11)15-6-9-5-10(9)7-15/h1,4,9-10H,5-7H2,2H3. The molecule has 0 bridgehead atoms. The summed E-state index contributed by atoms with van der Waals surface area (Å²) in [4.78, 5) is 11.1. The fraction of sp³-hybridized carbons (Fsp3) is 0.500. The zero-order chi connectivity index (χ0) is 10.4. The summed E-state index contributed by atoms with van der Waals surface area (Å²) in [6.45, 7) is 4.18. The van der Waals surface area contributed by atoms with Crippen molar-refractivity contribution in [3.63, 3.8) is 0 Å².